The monoisotopic (exact) mass is 622 g/mol. The van der Waals surface area contributed by atoms with Crippen molar-refractivity contribution in [3.05, 3.63) is 40.7 Å². The molecule has 3 aromatic rings. The number of hydrogen-bond acceptors (Lipinski definition) is 13. The number of carbonyl (C=O) groups excluding carboxylic acids is 2. The van der Waals surface area contributed by atoms with Crippen molar-refractivity contribution in [3.63, 3.8) is 0 Å². The number of hydrogen-bond donors (Lipinski definition) is 4. The molecule has 3 aromatic heterocycles. The van der Waals surface area contributed by atoms with E-state index in [1.165, 1.54) is 45.1 Å². The van der Waals surface area contributed by atoms with E-state index in [4.69, 9.17) is 15.7 Å². The standard InChI is InChI=1S/C22H19N7O7S4/c1-28-4-2-3-10-18(28)40-22(25-10)39-7-9-6-37-19-14(17(33)29(19)15(9)20(34)35)26-16(32)13(27-36-5-12(30)31)11-8-38-21(23)24-11/h2-4,8,14,19H,5-7H2,1H3,(H4-,23,24,26,30,31,32,34,35)/p+1/b27-13-/t14?,19-/m0/s1. The lowest BCUT2D eigenvalue weighted by Gasteiger charge is -2.49. The van der Waals surface area contributed by atoms with Crippen LogP contribution >= 0.6 is 46.2 Å². The lowest BCUT2D eigenvalue weighted by molar-refractivity contribution is -0.642. The van der Waals surface area contributed by atoms with Gasteiger partial charge < -0.3 is 26.1 Å². The van der Waals surface area contributed by atoms with Crippen LogP contribution in [0, 0.1) is 0 Å². The average molecular weight is 623 g/mol. The Hall–Kier alpha value is -3.74. The largest absolute Gasteiger partial charge is 0.479 e. The van der Waals surface area contributed by atoms with Gasteiger partial charge in [-0.1, -0.05) is 16.9 Å². The molecule has 5 N–H and O–H groups in total. The summed E-state index contributed by atoms with van der Waals surface area (Å²) in [5.41, 5.74) is 6.63. The summed E-state index contributed by atoms with van der Waals surface area (Å²) in [6.07, 6.45) is 1.92. The van der Waals surface area contributed by atoms with E-state index < -0.39 is 41.8 Å². The van der Waals surface area contributed by atoms with Gasteiger partial charge in [0.15, 0.2) is 21.4 Å². The number of aliphatic carboxylic acids is 2. The van der Waals surface area contributed by atoms with Crippen LogP contribution in [0.15, 0.2) is 44.5 Å². The molecule has 2 amide bonds. The molecule has 208 valence electrons. The number of rotatable bonds is 10. The van der Waals surface area contributed by atoms with E-state index >= 15 is 0 Å². The fourth-order valence-corrected chi connectivity index (χ4v) is 8.07. The van der Waals surface area contributed by atoms with Gasteiger partial charge in [-0.15, -0.1) is 23.1 Å². The number of nitrogen functional groups attached to an aromatic ring is 1. The molecule has 0 aromatic carbocycles. The van der Waals surface area contributed by atoms with Crippen LogP contribution in [-0.4, -0.2) is 84.1 Å². The Labute approximate surface area is 241 Å². The second kappa shape index (κ2) is 11.4. The molecule has 2 aliphatic heterocycles. The minimum absolute atomic E-state index is 0.0409. The van der Waals surface area contributed by atoms with E-state index in [1.807, 2.05) is 29.9 Å². The Balaban J connectivity index is 1.31. The lowest BCUT2D eigenvalue weighted by atomic mass is 10.0. The number of oxime groups is 1. The zero-order valence-corrected chi connectivity index (χ0v) is 23.7. The third-order valence-corrected chi connectivity index (χ3v) is 10.1. The summed E-state index contributed by atoms with van der Waals surface area (Å²) >= 11 is 5.25. The van der Waals surface area contributed by atoms with Crippen LogP contribution in [0.25, 0.3) is 10.3 Å². The Kier molecular flexibility index (Phi) is 7.92. The van der Waals surface area contributed by atoms with Crippen molar-refractivity contribution in [3.8, 4) is 0 Å². The molecule has 5 heterocycles. The molecule has 40 heavy (non-hydrogen) atoms. The molecule has 1 saturated heterocycles. The highest BCUT2D eigenvalue weighted by Crippen LogP contribution is 2.42. The van der Waals surface area contributed by atoms with Gasteiger partial charge in [0, 0.05) is 23.0 Å². The highest BCUT2D eigenvalue weighted by molar-refractivity contribution is 8.02. The number of nitrogens with zero attached hydrogens (tertiary/aromatic N) is 5. The van der Waals surface area contributed by atoms with Gasteiger partial charge in [-0.05, 0) is 23.0 Å². The molecule has 1 fully saturated rings. The Morgan fingerprint density at radius 3 is 2.83 bits per heavy atom. The molecule has 1 unspecified atom stereocenters. The zero-order valence-electron chi connectivity index (χ0n) is 20.5. The number of aryl methyl sites for hydroxylation is 1. The van der Waals surface area contributed by atoms with E-state index in [2.05, 4.69) is 20.4 Å². The van der Waals surface area contributed by atoms with Gasteiger partial charge in [0.05, 0.1) is 0 Å². The number of carboxylic acids is 2. The first kappa shape index (κ1) is 27.8. The van der Waals surface area contributed by atoms with Crippen LogP contribution in [0.5, 0.6) is 0 Å². The maximum Gasteiger partial charge on any atom is 0.352 e. The van der Waals surface area contributed by atoms with Gasteiger partial charge in [0.25, 0.3) is 16.6 Å². The molecule has 0 saturated carbocycles. The smallest absolute Gasteiger partial charge is 0.352 e. The van der Waals surface area contributed by atoms with Gasteiger partial charge in [-0.2, -0.15) is 4.57 Å². The Morgan fingerprint density at radius 1 is 1.35 bits per heavy atom. The van der Waals surface area contributed by atoms with E-state index in [9.17, 15) is 24.3 Å². The fraction of sp³-hybridized carbons (Fsp3) is 0.273. The van der Waals surface area contributed by atoms with Crippen molar-refractivity contribution in [2.45, 2.75) is 15.8 Å². The van der Waals surface area contributed by atoms with Crippen LogP contribution in [0.4, 0.5) is 5.13 Å². The van der Waals surface area contributed by atoms with Gasteiger partial charge in [0.2, 0.25) is 6.61 Å². The fourth-order valence-electron chi connectivity index (χ4n) is 3.96. The number of carboxylic acid groups (broad SMARTS) is 2. The Bertz CT molecular complexity index is 1600. The highest BCUT2D eigenvalue weighted by atomic mass is 32.2. The number of pyridine rings is 1. The van der Waals surface area contributed by atoms with Gasteiger partial charge >= 0.3 is 11.9 Å². The molecule has 2 atom stereocenters. The highest BCUT2D eigenvalue weighted by Gasteiger charge is 2.54. The number of anilines is 1. The van der Waals surface area contributed by atoms with Crippen molar-refractivity contribution in [1.29, 1.82) is 0 Å². The third kappa shape index (κ3) is 5.47. The summed E-state index contributed by atoms with van der Waals surface area (Å²) in [4.78, 5) is 64.6. The minimum Gasteiger partial charge on any atom is -0.479 e. The van der Waals surface area contributed by atoms with Crippen LogP contribution in [-0.2, 0) is 31.1 Å². The van der Waals surface area contributed by atoms with E-state index in [-0.39, 0.29) is 22.2 Å². The maximum atomic E-state index is 13.1. The van der Waals surface area contributed by atoms with E-state index in [0.717, 1.165) is 26.0 Å². The summed E-state index contributed by atoms with van der Waals surface area (Å²) in [6, 6.07) is 2.77. The zero-order chi connectivity index (χ0) is 28.6. The predicted molar refractivity (Wildman–Crippen MR) is 148 cm³/mol. The molecular weight excluding hydrogens is 603 g/mol. The first-order chi connectivity index (χ1) is 19.1. The van der Waals surface area contributed by atoms with Gasteiger partial charge in [-0.3, -0.25) is 14.5 Å². The van der Waals surface area contributed by atoms with Crippen molar-refractivity contribution in [2.24, 2.45) is 12.2 Å². The van der Waals surface area contributed by atoms with E-state index in [0.29, 0.717) is 17.1 Å². The van der Waals surface area contributed by atoms with Crippen molar-refractivity contribution in [2.75, 3.05) is 23.8 Å². The number of amides is 2. The van der Waals surface area contributed by atoms with Crippen LogP contribution in [0.3, 0.4) is 0 Å². The second-order valence-electron chi connectivity index (χ2n) is 8.37. The van der Waals surface area contributed by atoms with Crippen molar-refractivity contribution >= 4 is 91.1 Å². The summed E-state index contributed by atoms with van der Waals surface area (Å²) in [5, 5.41) is 25.8. The molecule has 5 rings (SSSR count). The Morgan fingerprint density at radius 2 is 2.15 bits per heavy atom. The summed E-state index contributed by atoms with van der Waals surface area (Å²) < 4.78 is 2.74. The molecular formula is C22H20N7O7S4+. The first-order valence-corrected chi connectivity index (χ1v) is 15.1. The molecule has 0 bridgehead atoms. The number of thiazole rings is 2. The van der Waals surface area contributed by atoms with Crippen molar-refractivity contribution < 1.29 is 38.8 Å². The molecule has 0 spiro atoms. The third-order valence-electron chi connectivity index (χ3n) is 5.73. The van der Waals surface area contributed by atoms with Gasteiger partial charge in [-0.25, -0.2) is 19.6 Å². The molecule has 18 heteroatoms. The molecule has 0 aliphatic carbocycles. The van der Waals surface area contributed by atoms with Crippen molar-refractivity contribution in [1.82, 2.24) is 20.2 Å². The molecule has 0 radical (unpaired) electrons. The molecule has 14 nitrogen and oxygen atoms in total. The van der Waals surface area contributed by atoms with E-state index in [1.54, 1.807) is 0 Å². The van der Waals surface area contributed by atoms with Gasteiger partial charge in [0.1, 0.15) is 35.4 Å². The normalized spacial score (nSPS) is 18.9. The predicted octanol–water partition coefficient (Wildman–Crippen LogP) is 0.496. The number of nitrogens with two attached hydrogens (primary N) is 1. The maximum absolute atomic E-state index is 13.1. The van der Waals surface area contributed by atoms with Crippen LogP contribution < -0.4 is 15.6 Å². The number of fused-ring (bicyclic) bond motifs is 2. The number of β-lactam (4-membered cyclic amide) rings is 1. The number of nitrogens with one attached hydrogen (secondary N) is 1. The first-order valence-electron chi connectivity index (χ1n) is 11.4. The number of thioether (sulfide) groups is 2. The number of aromatic nitrogens is 3. The number of carbonyl (C=O) groups is 4. The quantitative estimate of drug-likeness (QED) is 0.0803. The molecule has 2 aliphatic rings. The second-order valence-corrected chi connectivity index (χ2v) is 12.6. The summed E-state index contributed by atoms with van der Waals surface area (Å²) in [5.74, 6) is -3.32. The topological polar surface area (TPSA) is 201 Å². The lowest BCUT2D eigenvalue weighted by Crippen LogP contribution is -2.71. The SMILES string of the molecule is C[n+]1cccc2nc(SCC3=C(C(=O)O)N4C(=O)C(NC(=O)/C(=N\OCC(=O)O)c5csc(N)n5)[C@@H]4SC3)sc21. The summed E-state index contributed by atoms with van der Waals surface area (Å²) in [7, 11) is 1.92. The minimum atomic E-state index is -1.30. The van der Waals surface area contributed by atoms with Crippen LogP contribution in [0.1, 0.15) is 5.69 Å². The average Bonchev–Trinajstić information content (AvgIpc) is 3.54. The summed E-state index contributed by atoms with van der Waals surface area (Å²) in [6.45, 7) is -0.798. The van der Waals surface area contributed by atoms with Crippen LogP contribution in [0.2, 0.25) is 0 Å².